The van der Waals surface area contributed by atoms with Crippen LogP contribution in [0.15, 0.2) is 24.3 Å². The highest BCUT2D eigenvalue weighted by atomic mass is 14.9. The molecule has 0 radical (unpaired) electrons. The summed E-state index contributed by atoms with van der Waals surface area (Å²) in [4.78, 5) is 0. The van der Waals surface area contributed by atoms with Crippen molar-refractivity contribution in [3.63, 3.8) is 0 Å². The third kappa shape index (κ3) is 36.0. The molecule has 3 nitrogen and oxygen atoms in total. The largest absolute Gasteiger partial charge is 0.330 e. The van der Waals surface area contributed by atoms with Gasteiger partial charge in [-0.25, -0.2) is 0 Å². The summed E-state index contributed by atoms with van der Waals surface area (Å²) in [5.41, 5.74) is 11.8. The number of nitrogens with two attached hydrogens (primary N) is 2. The summed E-state index contributed by atoms with van der Waals surface area (Å²) in [6, 6.07) is 1.26. The van der Waals surface area contributed by atoms with Crippen LogP contribution in [0.4, 0.5) is 0 Å². The van der Waals surface area contributed by atoms with Gasteiger partial charge in [-0.2, -0.15) is 0 Å². The van der Waals surface area contributed by atoms with Crippen LogP contribution in [0.3, 0.4) is 0 Å². The number of hydrogen-bond donors (Lipinski definition) is 3. The van der Waals surface area contributed by atoms with Gasteiger partial charge in [-0.1, -0.05) is 154 Å². The Kier molecular flexibility index (Phi) is 39.0. The Hall–Kier alpha value is -0.640. The van der Waals surface area contributed by atoms with E-state index in [0.29, 0.717) is 12.1 Å². The van der Waals surface area contributed by atoms with Gasteiger partial charge in [-0.15, -0.1) is 0 Å². The fourth-order valence-electron chi connectivity index (χ4n) is 6.61. The van der Waals surface area contributed by atoms with Gasteiger partial charge in [0.25, 0.3) is 0 Å². The van der Waals surface area contributed by atoms with E-state index in [1.165, 1.54) is 193 Å². The molecule has 45 heavy (non-hydrogen) atoms. The first-order valence-corrected chi connectivity index (χ1v) is 20.7. The van der Waals surface area contributed by atoms with Crippen LogP contribution in [0.5, 0.6) is 0 Å². The average molecular weight is 632 g/mol. The number of nitrogens with one attached hydrogen (secondary N) is 1. The summed E-state index contributed by atoms with van der Waals surface area (Å²) in [5.74, 6) is 0. The zero-order valence-electron chi connectivity index (χ0n) is 31.2. The molecule has 0 heterocycles. The first kappa shape index (κ1) is 44.4. The molecule has 0 amide bonds. The van der Waals surface area contributed by atoms with Crippen LogP contribution in [0.1, 0.15) is 219 Å². The van der Waals surface area contributed by atoms with Crippen LogP contribution in [-0.2, 0) is 0 Å². The van der Waals surface area contributed by atoms with E-state index >= 15 is 0 Å². The van der Waals surface area contributed by atoms with E-state index in [1.54, 1.807) is 0 Å². The van der Waals surface area contributed by atoms with Gasteiger partial charge in [0.05, 0.1) is 0 Å². The van der Waals surface area contributed by atoms with Crippen molar-refractivity contribution in [2.75, 3.05) is 13.1 Å². The standard InChI is InChI=1S/C42H85N3/c1-3-5-7-9-11-13-15-17-19-21-23-25-27-29-31-35-41(37-33-39-43)45-42(38-34-40-44)36-32-30-28-26-24-22-20-18-16-14-12-10-8-6-4-2/h17-20,41-42,45H,3-16,21-40,43-44H2,1-2H3/b19-17-,20-18-. The number of hydrogen-bond acceptors (Lipinski definition) is 3. The van der Waals surface area contributed by atoms with Crippen LogP contribution in [0.25, 0.3) is 0 Å². The number of unbranched alkanes of at least 4 members (excludes halogenated alkanes) is 22. The lowest BCUT2D eigenvalue weighted by Gasteiger charge is -2.26. The second-order valence-electron chi connectivity index (χ2n) is 14.2. The number of rotatable bonds is 38. The summed E-state index contributed by atoms with van der Waals surface area (Å²) in [5, 5.41) is 4.09. The van der Waals surface area contributed by atoms with Crippen molar-refractivity contribution in [3.05, 3.63) is 24.3 Å². The molecule has 0 aliphatic rings. The van der Waals surface area contributed by atoms with Gasteiger partial charge in [0.2, 0.25) is 0 Å². The van der Waals surface area contributed by atoms with Crippen LogP contribution >= 0.6 is 0 Å². The molecule has 0 fully saturated rings. The quantitative estimate of drug-likeness (QED) is 0.0469. The van der Waals surface area contributed by atoms with Gasteiger partial charge in [-0.3, -0.25) is 0 Å². The molecule has 0 saturated heterocycles. The van der Waals surface area contributed by atoms with Crippen molar-refractivity contribution < 1.29 is 0 Å². The predicted molar refractivity (Wildman–Crippen MR) is 206 cm³/mol. The molecular formula is C42H85N3. The summed E-state index contributed by atoms with van der Waals surface area (Å²) >= 11 is 0. The Morgan fingerprint density at radius 1 is 0.356 bits per heavy atom. The van der Waals surface area contributed by atoms with Crippen LogP contribution in [0.2, 0.25) is 0 Å². The van der Waals surface area contributed by atoms with Gasteiger partial charge in [0, 0.05) is 12.1 Å². The summed E-state index contributed by atoms with van der Waals surface area (Å²) < 4.78 is 0. The van der Waals surface area contributed by atoms with Crippen molar-refractivity contribution in [1.82, 2.24) is 5.32 Å². The maximum Gasteiger partial charge on any atom is 0.00701 e. The van der Waals surface area contributed by atoms with Crippen LogP contribution in [-0.4, -0.2) is 25.2 Å². The number of allylic oxidation sites excluding steroid dienone is 4. The van der Waals surface area contributed by atoms with E-state index in [0.717, 1.165) is 25.9 Å². The van der Waals surface area contributed by atoms with Crippen molar-refractivity contribution in [2.45, 2.75) is 231 Å². The average Bonchev–Trinajstić information content (AvgIpc) is 3.05. The van der Waals surface area contributed by atoms with Crippen LogP contribution in [0, 0.1) is 0 Å². The SMILES string of the molecule is CCCCCCCC/C=C\CCCCCCCC(CCCN)NC(CCCN)CCCCCCC/C=C\CCCCCCCC. The molecular weight excluding hydrogens is 546 g/mol. The Labute approximate surface area is 285 Å². The molecule has 0 aromatic heterocycles. The smallest absolute Gasteiger partial charge is 0.00701 e. The molecule has 0 aliphatic heterocycles. The Balaban J connectivity index is 4.00. The molecule has 0 aromatic rings. The van der Waals surface area contributed by atoms with Gasteiger partial charge < -0.3 is 16.8 Å². The summed E-state index contributed by atoms with van der Waals surface area (Å²) in [7, 11) is 0. The van der Waals surface area contributed by atoms with Crippen molar-refractivity contribution in [2.24, 2.45) is 11.5 Å². The van der Waals surface area contributed by atoms with E-state index in [-0.39, 0.29) is 0 Å². The maximum atomic E-state index is 5.92. The van der Waals surface area contributed by atoms with Gasteiger partial charge in [-0.05, 0) is 103 Å². The fourth-order valence-corrected chi connectivity index (χ4v) is 6.61. The van der Waals surface area contributed by atoms with Crippen molar-refractivity contribution in [1.29, 1.82) is 0 Å². The Morgan fingerprint density at radius 3 is 0.933 bits per heavy atom. The van der Waals surface area contributed by atoms with E-state index < -0.39 is 0 Å². The molecule has 0 aliphatic carbocycles. The maximum absolute atomic E-state index is 5.92. The molecule has 268 valence electrons. The Bertz CT molecular complexity index is 536. The highest BCUT2D eigenvalue weighted by Gasteiger charge is 2.15. The zero-order valence-corrected chi connectivity index (χ0v) is 31.2. The van der Waals surface area contributed by atoms with Crippen molar-refractivity contribution >= 4 is 0 Å². The second kappa shape index (κ2) is 39.5. The topological polar surface area (TPSA) is 64.1 Å². The summed E-state index contributed by atoms with van der Waals surface area (Å²) in [6.07, 6.45) is 52.8. The zero-order chi connectivity index (χ0) is 32.7. The van der Waals surface area contributed by atoms with E-state index in [2.05, 4.69) is 43.5 Å². The molecule has 0 aromatic carbocycles. The molecule has 2 atom stereocenters. The van der Waals surface area contributed by atoms with E-state index in [4.69, 9.17) is 11.5 Å². The van der Waals surface area contributed by atoms with E-state index in [9.17, 15) is 0 Å². The lowest BCUT2D eigenvalue weighted by atomic mass is 9.97. The molecule has 0 bridgehead atoms. The monoisotopic (exact) mass is 632 g/mol. The minimum atomic E-state index is 0.629. The third-order valence-electron chi connectivity index (χ3n) is 9.61. The normalized spacial score (nSPS) is 13.4. The first-order valence-electron chi connectivity index (χ1n) is 20.7. The highest BCUT2D eigenvalue weighted by Crippen LogP contribution is 2.17. The van der Waals surface area contributed by atoms with Crippen LogP contribution < -0.4 is 16.8 Å². The lowest BCUT2D eigenvalue weighted by molar-refractivity contribution is 0.337. The molecule has 0 spiro atoms. The molecule has 0 saturated carbocycles. The molecule has 2 unspecified atom stereocenters. The minimum Gasteiger partial charge on any atom is -0.330 e. The molecule has 3 heteroatoms. The van der Waals surface area contributed by atoms with Crippen molar-refractivity contribution in [3.8, 4) is 0 Å². The first-order chi connectivity index (χ1) is 22.3. The predicted octanol–water partition coefficient (Wildman–Crippen LogP) is 12.9. The minimum absolute atomic E-state index is 0.629. The fraction of sp³-hybridized carbons (Fsp3) is 0.905. The molecule has 5 N–H and O–H groups in total. The third-order valence-corrected chi connectivity index (χ3v) is 9.61. The lowest BCUT2D eigenvalue weighted by Crippen LogP contribution is -2.39. The summed E-state index contributed by atoms with van der Waals surface area (Å²) in [6.45, 7) is 6.21. The van der Waals surface area contributed by atoms with Gasteiger partial charge >= 0.3 is 0 Å². The highest BCUT2D eigenvalue weighted by molar-refractivity contribution is 4.82. The molecule has 0 rings (SSSR count). The van der Waals surface area contributed by atoms with Gasteiger partial charge in [0.1, 0.15) is 0 Å². The Morgan fingerprint density at radius 2 is 0.622 bits per heavy atom. The van der Waals surface area contributed by atoms with Gasteiger partial charge in [0.15, 0.2) is 0 Å². The second-order valence-corrected chi connectivity index (χ2v) is 14.2. The van der Waals surface area contributed by atoms with E-state index in [1.807, 2.05) is 0 Å².